The van der Waals surface area contributed by atoms with Crippen LogP contribution in [0.4, 0.5) is 10.5 Å². The van der Waals surface area contributed by atoms with Crippen LogP contribution in [0.1, 0.15) is 5.82 Å². The number of anilines is 1. The summed E-state index contributed by atoms with van der Waals surface area (Å²) in [5.74, 6) is 0.895. The fourth-order valence-corrected chi connectivity index (χ4v) is 2.43. The summed E-state index contributed by atoms with van der Waals surface area (Å²) >= 11 is 6.13. The highest BCUT2D eigenvalue weighted by molar-refractivity contribution is 6.33. The van der Waals surface area contributed by atoms with Crippen LogP contribution < -0.4 is 5.32 Å². The Morgan fingerprint density at radius 3 is 2.64 bits per heavy atom. The monoisotopic (exact) mass is 356 g/mol. The third-order valence-corrected chi connectivity index (χ3v) is 3.94. The van der Waals surface area contributed by atoms with E-state index >= 15 is 0 Å². The Labute approximate surface area is 150 Å². The molecule has 1 aromatic heterocycles. The highest BCUT2D eigenvalue weighted by atomic mass is 35.5. The van der Waals surface area contributed by atoms with Gasteiger partial charge in [0.15, 0.2) is 5.82 Å². The molecule has 128 valence electrons. The highest BCUT2D eigenvalue weighted by Gasteiger charge is 2.14. The summed E-state index contributed by atoms with van der Waals surface area (Å²) < 4.78 is 5.26. The Morgan fingerprint density at radius 2 is 1.88 bits per heavy atom. The standard InChI is InChI=1S/C18H17ClN4O2/c1-23(18(24)20-13-7-3-2-4-8-13)12-11-16-21-17(25-22-16)14-9-5-6-10-15(14)19/h2-10H,11-12H2,1H3,(H,20,24). The predicted octanol–water partition coefficient (Wildman–Crippen LogP) is 4.10. The maximum atomic E-state index is 12.1. The van der Waals surface area contributed by atoms with E-state index in [0.29, 0.717) is 35.3 Å². The summed E-state index contributed by atoms with van der Waals surface area (Å²) in [4.78, 5) is 18.0. The fourth-order valence-electron chi connectivity index (χ4n) is 2.21. The number of aromatic nitrogens is 2. The van der Waals surface area contributed by atoms with Crippen molar-refractivity contribution in [1.29, 1.82) is 0 Å². The zero-order valence-corrected chi connectivity index (χ0v) is 14.4. The second-order valence-electron chi connectivity index (χ2n) is 5.46. The number of urea groups is 1. The van der Waals surface area contributed by atoms with Crippen molar-refractivity contribution in [3.8, 4) is 11.5 Å². The van der Waals surface area contributed by atoms with Gasteiger partial charge in [0.25, 0.3) is 5.89 Å². The summed E-state index contributed by atoms with van der Waals surface area (Å²) in [5.41, 5.74) is 1.44. The molecule has 0 aliphatic carbocycles. The number of hydrogen-bond acceptors (Lipinski definition) is 4. The van der Waals surface area contributed by atoms with Gasteiger partial charge < -0.3 is 14.7 Å². The summed E-state index contributed by atoms with van der Waals surface area (Å²) in [6, 6.07) is 16.4. The maximum Gasteiger partial charge on any atom is 0.321 e. The average Bonchev–Trinajstić information content (AvgIpc) is 3.09. The molecule has 25 heavy (non-hydrogen) atoms. The van der Waals surface area contributed by atoms with Gasteiger partial charge in [0.1, 0.15) is 0 Å². The molecule has 0 aliphatic heterocycles. The van der Waals surface area contributed by atoms with Crippen molar-refractivity contribution in [2.75, 3.05) is 18.9 Å². The van der Waals surface area contributed by atoms with Crippen molar-refractivity contribution in [3.63, 3.8) is 0 Å². The maximum absolute atomic E-state index is 12.1. The smallest absolute Gasteiger partial charge is 0.321 e. The van der Waals surface area contributed by atoms with Crippen LogP contribution in [0.3, 0.4) is 0 Å². The van der Waals surface area contributed by atoms with E-state index in [1.165, 1.54) is 0 Å². The fraction of sp³-hybridized carbons (Fsp3) is 0.167. The largest absolute Gasteiger partial charge is 0.334 e. The van der Waals surface area contributed by atoms with E-state index in [1.54, 1.807) is 18.0 Å². The molecule has 0 saturated carbocycles. The zero-order valence-electron chi connectivity index (χ0n) is 13.6. The number of carbonyl (C=O) groups excluding carboxylic acids is 1. The minimum absolute atomic E-state index is 0.193. The molecule has 0 fully saturated rings. The minimum atomic E-state index is -0.193. The Balaban J connectivity index is 1.57. The topological polar surface area (TPSA) is 71.3 Å². The van der Waals surface area contributed by atoms with E-state index < -0.39 is 0 Å². The SMILES string of the molecule is CN(CCc1noc(-c2ccccc2Cl)n1)C(=O)Nc1ccccc1. The summed E-state index contributed by atoms with van der Waals surface area (Å²) in [5, 5.41) is 7.32. The van der Waals surface area contributed by atoms with Crippen LogP contribution in [0.5, 0.6) is 0 Å². The zero-order chi connectivity index (χ0) is 17.6. The first-order chi connectivity index (χ1) is 12.1. The van der Waals surface area contributed by atoms with Crippen LogP contribution in [0, 0.1) is 0 Å². The molecule has 0 atom stereocenters. The van der Waals surface area contributed by atoms with Gasteiger partial charge in [-0.15, -0.1) is 0 Å². The molecular weight excluding hydrogens is 340 g/mol. The van der Waals surface area contributed by atoms with E-state index in [9.17, 15) is 4.79 Å². The van der Waals surface area contributed by atoms with Crippen LogP contribution in [-0.2, 0) is 6.42 Å². The van der Waals surface area contributed by atoms with Crippen LogP contribution in [0.25, 0.3) is 11.5 Å². The molecule has 3 rings (SSSR count). The molecule has 2 aromatic carbocycles. The number of rotatable bonds is 5. The van der Waals surface area contributed by atoms with Crippen molar-refractivity contribution in [3.05, 3.63) is 65.4 Å². The van der Waals surface area contributed by atoms with Gasteiger partial charge in [-0.3, -0.25) is 0 Å². The van der Waals surface area contributed by atoms with Gasteiger partial charge in [-0.05, 0) is 24.3 Å². The second-order valence-corrected chi connectivity index (χ2v) is 5.87. The number of carbonyl (C=O) groups is 1. The van der Waals surface area contributed by atoms with Crippen LogP contribution in [0.15, 0.2) is 59.1 Å². The van der Waals surface area contributed by atoms with E-state index in [1.807, 2.05) is 48.5 Å². The third-order valence-electron chi connectivity index (χ3n) is 3.61. The lowest BCUT2D eigenvalue weighted by Crippen LogP contribution is -2.33. The Kier molecular flexibility index (Phi) is 5.30. The lowest BCUT2D eigenvalue weighted by atomic mass is 10.2. The lowest BCUT2D eigenvalue weighted by Gasteiger charge is -2.16. The number of nitrogens with one attached hydrogen (secondary N) is 1. The molecule has 2 amide bonds. The molecule has 0 unspecified atom stereocenters. The first kappa shape index (κ1) is 17.0. The molecule has 0 spiro atoms. The summed E-state index contributed by atoms with van der Waals surface area (Å²) in [6.45, 7) is 0.458. The first-order valence-corrected chi connectivity index (χ1v) is 8.16. The molecule has 1 N–H and O–H groups in total. The molecule has 0 saturated heterocycles. The normalized spacial score (nSPS) is 10.5. The van der Waals surface area contributed by atoms with Gasteiger partial charge in [0.05, 0.1) is 10.6 Å². The van der Waals surface area contributed by atoms with E-state index in [-0.39, 0.29) is 6.03 Å². The van der Waals surface area contributed by atoms with Crippen molar-refractivity contribution >= 4 is 23.3 Å². The van der Waals surface area contributed by atoms with Crippen LogP contribution in [0.2, 0.25) is 5.02 Å². The molecule has 0 aliphatic rings. The summed E-state index contributed by atoms with van der Waals surface area (Å²) in [7, 11) is 1.72. The van der Waals surface area contributed by atoms with Gasteiger partial charge in [0, 0.05) is 25.7 Å². The first-order valence-electron chi connectivity index (χ1n) is 7.78. The number of benzene rings is 2. The molecule has 0 bridgehead atoms. The number of hydrogen-bond donors (Lipinski definition) is 1. The second kappa shape index (κ2) is 7.81. The van der Waals surface area contributed by atoms with Gasteiger partial charge in [-0.25, -0.2) is 4.79 Å². The van der Waals surface area contributed by atoms with Gasteiger partial charge >= 0.3 is 6.03 Å². The van der Waals surface area contributed by atoms with Crippen LogP contribution >= 0.6 is 11.6 Å². The lowest BCUT2D eigenvalue weighted by molar-refractivity contribution is 0.222. The average molecular weight is 357 g/mol. The van der Waals surface area contributed by atoms with Crippen molar-refractivity contribution in [2.45, 2.75) is 6.42 Å². The molecule has 0 radical (unpaired) electrons. The Hall–Kier alpha value is -2.86. The quantitative estimate of drug-likeness (QED) is 0.747. The highest BCUT2D eigenvalue weighted by Crippen LogP contribution is 2.25. The molecule has 3 aromatic rings. The van der Waals surface area contributed by atoms with E-state index in [0.717, 1.165) is 5.69 Å². The number of amides is 2. The van der Waals surface area contributed by atoms with Crippen molar-refractivity contribution < 1.29 is 9.32 Å². The molecular formula is C18H17ClN4O2. The number of halogens is 1. The Morgan fingerprint density at radius 1 is 1.16 bits per heavy atom. The summed E-state index contributed by atoms with van der Waals surface area (Å²) in [6.07, 6.45) is 0.479. The number of para-hydroxylation sites is 1. The van der Waals surface area contributed by atoms with Crippen molar-refractivity contribution in [2.24, 2.45) is 0 Å². The third kappa shape index (κ3) is 4.36. The minimum Gasteiger partial charge on any atom is -0.334 e. The van der Waals surface area contributed by atoms with Gasteiger partial charge in [0.2, 0.25) is 0 Å². The van der Waals surface area contributed by atoms with Gasteiger partial charge in [-0.1, -0.05) is 47.1 Å². The van der Waals surface area contributed by atoms with E-state index in [2.05, 4.69) is 15.5 Å². The predicted molar refractivity (Wildman–Crippen MR) is 96.5 cm³/mol. The number of likely N-dealkylation sites (N-methyl/N-ethyl adjacent to an activating group) is 1. The molecule has 1 heterocycles. The molecule has 7 heteroatoms. The van der Waals surface area contributed by atoms with E-state index in [4.69, 9.17) is 16.1 Å². The van der Waals surface area contributed by atoms with Gasteiger partial charge in [-0.2, -0.15) is 4.98 Å². The number of nitrogens with zero attached hydrogens (tertiary/aromatic N) is 3. The van der Waals surface area contributed by atoms with Crippen molar-refractivity contribution in [1.82, 2.24) is 15.0 Å². The van der Waals surface area contributed by atoms with Crippen LogP contribution in [-0.4, -0.2) is 34.7 Å². The Bertz CT molecular complexity index is 851. The molecule has 6 nitrogen and oxygen atoms in total.